The molecule has 1 aromatic heterocycles. The molecule has 1 heterocycles. The molecule has 16 aromatic rings. The summed E-state index contributed by atoms with van der Waals surface area (Å²) in [6.45, 7) is 4.25. The number of imidazole rings is 1. The van der Waals surface area contributed by atoms with Gasteiger partial charge in [0.15, 0.2) is 0 Å². The minimum absolute atomic E-state index is 0.941. The first kappa shape index (κ1) is 58.1. The average molecular weight is 1210 g/mol. The largest absolute Gasteiger partial charge is 0.311 e. The molecule has 448 valence electrons. The van der Waals surface area contributed by atoms with Gasteiger partial charge >= 0.3 is 0 Å². The van der Waals surface area contributed by atoms with Crippen molar-refractivity contribution in [1.82, 2.24) is 9.55 Å². The fraction of sp³-hybridized carbons (Fsp3) is 0.0225. The van der Waals surface area contributed by atoms with E-state index in [1.165, 1.54) is 66.1 Å². The van der Waals surface area contributed by atoms with Crippen molar-refractivity contribution in [3.8, 4) is 50.5 Å². The van der Waals surface area contributed by atoms with E-state index < -0.39 is 0 Å². The number of para-hydroxylation sites is 5. The molecule has 0 radical (unpaired) electrons. The van der Waals surface area contributed by atoms with Crippen molar-refractivity contribution in [2.24, 2.45) is 0 Å². The Labute approximate surface area is 550 Å². The van der Waals surface area contributed by atoms with Gasteiger partial charge < -0.3 is 14.7 Å². The Kier molecular flexibility index (Phi) is 16.2. The second-order valence-corrected chi connectivity index (χ2v) is 23.7. The number of rotatable bonds is 14. The summed E-state index contributed by atoms with van der Waals surface area (Å²) in [5, 5.41) is 4.90. The van der Waals surface area contributed by atoms with E-state index in [9.17, 15) is 0 Å². The predicted octanol–water partition coefficient (Wildman–Crippen LogP) is 24.7. The van der Waals surface area contributed by atoms with Crippen molar-refractivity contribution in [3.63, 3.8) is 0 Å². The van der Waals surface area contributed by atoms with Crippen LogP contribution in [-0.2, 0) is 0 Å². The highest BCUT2D eigenvalue weighted by Crippen LogP contribution is 2.43. The van der Waals surface area contributed by atoms with E-state index in [0.29, 0.717) is 0 Å². The smallest absolute Gasteiger partial charge is 0.145 e. The molecule has 16 rings (SSSR count). The number of aromatic nitrogens is 2. The second kappa shape index (κ2) is 26.3. The van der Waals surface area contributed by atoms with Gasteiger partial charge in [-0.3, -0.25) is 4.57 Å². The van der Waals surface area contributed by atoms with Gasteiger partial charge in [0, 0.05) is 61.8 Å². The van der Waals surface area contributed by atoms with Crippen LogP contribution in [0.2, 0.25) is 0 Å². The first-order chi connectivity index (χ1) is 46.4. The Balaban J connectivity index is 0.000000155. The number of hydrogen-bond acceptors (Lipinski definition) is 4. The van der Waals surface area contributed by atoms with E-state index in [0.717, 1.165) is 79.3 Å². The summed E-state index contributed by atoms with van der Waals surface area (Å²) in [7, 11) is 0. The summed E-state index contributed by atoms with van der Waals surface area (Å²) in [4.78, 5) is 12.0. The molecule has 0 saturated carbocycles. The molecule has 0 fully saturated rings. The molecule has 0 amide bonds. The van der Waals surface area contributed by atoms with E-state index >= 15 is 0 Å². The van der Waals surface area contributed by atoms with Crippen LogP contribution in [0.25, 0.3) is 83.0 Å². The maximum Gasteiger partial charge on any atom is 0.145 e. The molecule has 5 heteroatoms. The first-order valence-corrected chi connectivity index (χ1v) is 32.1. The van der Waals surface area contributed by atoms with Crippen LogP contribution in [0.1, 0.15) is 11.1 Å². The zero-order valence-electron chi connectivity index (χ0n) is 52.5. The molecule has 0 spiro atoms. The number of hydrogen-bond donors (Lipinski definition) is 0. The molecular weight excluding hydrogens is 1140 g/mol. The number of anilines is 9. The summed E-state index contributed by atoms with van der Waals surface area (Å²) in [6.07, 6.45) is 0. The minimum atomic E-state index is 0.941. The fourth-order valence-electron chi connectivity index (χ4n) is 12.8. The molecule has 0 aliphatic rings. The highest BCUT2D eigenvalue weighted by Gasteiger charge is 2.20. The lowest BCUT2D eigenvalue weighted by Gasteiger charge is -2.27. The van der Waals surface area contributed by atoms with Crippen molar-refractivity contribution in [2.45, 2.75) is 13.8 Å². The number of nitrogens with zero attached hydrogens (tertiary/aromatic N) is 5. The van der Waals surface area contributed by atoms with Gasteiger partial charge in [-0.25, -0.2) is 4.98 Å². The Morgan fingerprint density at radius 1 is 0.234 bits per heavy atom. The number of benzene rings is 15. The zero-order chi connectivity index (χ0) is 63.2. The minimum Gasteiger partial charge on any atom is -0.311 e. The summed E-state index contributed by atoms with van der Waals surface area (Å²) in [6, 6.07) is 132. The summed E-state index contributed by atoms with van der Waals surface area (Å²) in [5.74, 6) is 0.941. The first-order valence-electron chi connectivity index (χ1n) is 32.1. The predicted molar refractivity (Wildman–Crippen MR) is 398 cm³/mol. The number of aryl methyl sites for hydroxylation is 2. The van der Waals surface area contributed by atoms with E-state index in [2.05, 4.69) is 391 Å². The molecule has 0 aliphatic heterocycles. The van der Waals surface area contributed by atoms with E-state index in [4.69, 9.17) is 4.98 Å². The third kappa shape index (κ3) is 12.0. The van der Waals surface area contributed by atoms with Crippen molar-refractivity contribution >= 4 is 83.8 Å². The molecule has 0 atom stereocenters. The third-order valence-electron chi connectivity index (χ3n) is 17.6. The lowest BCUT2D eigenvalue weighted by atomic mass is 9.99. The molecule has 0 unspecified atom stereocenters. The van der Waals surface area contributed by atoms with Crippen LogP contribution in [0, 0.1) is 13.8 Å². The van der Waals surface area contributed by atoms with E-state index in [1.54, 1.807) is 0 Å². The van der Waals surface area contributed by atoms with E-state index in [-0.39, 0.29) is 0 Å². The molecule has 15 aromatic carbocycles. The van der Waals surface area contributed by atoms with Gasteiger partial charge in [0.2, 0.25) is 0 Å². The van der Waals surface area contributed by atoms with Crippen LogP contribution in [-0.4, -0.2) is 9.55 Å². The lowest BCUT2D eigenvalue weighted by molar-refractivity contribution is 1.10. The van der Waals surface area contributed by atoms with Gasteiger partial charge in [0.25, 0.3) is 0 Å². The fourth-order valence-corrected chi connectivity index (χ4v) is 12.8. The van der Waals surface area contributed by atoms with Crippen LogP contribution in [0.3, 0.4) is 0 Å². The van der Waals surface area contributed by atoms with Crippen LogP contribution in [0.4, 0.5) is 51.2 Å². The van der Waals surface area contributed by atoms with Crippen LogP contribution < -0.4 is 14.7 Å². The number of fused-ring (bicyclic) bond motifs is 3. The lowest BCUT2D eigenvalue weighted by Crippen LogP contribution is -2.10. The Hall–Kier alpha value is -12.3. The molecule has 0 saturated heterocycles. The average Bonchev–Trinajstić information content (AvgIpc) is 1.29. The molecule has 94 heavy (non-hydrogen) atoms. The summed E-state index contributed by atoms with van der Waals surface area (Å²) >= 11 is 0. The van der Waals surface area contributed by atoms with Gasteiger partial charge in [-0.1, -0.05) is 260 Å². The van der Waals surface area contributed by atoms with Crippen molar-refractivity contribution < 1.29 is 0 Å². The third-order valence-corrected chi connectivity index (χ3v) is 17.6. The standard InChI is InChI=1S/C45H35N3.C44H32N2/c1-32-12-26-40(27-13-32)47(41-28-14-33(2)15-29-41)42-30-24-37(25-31-42)35-18-16-34(17-19-35)36-20-22-38(23-21-36)45-46-43-10-6-7-11-44(43)48(45)39-8-4-3-5-9-39;1-3-17-37(18-4-1)45(43-23-11-15-35-13-7-9-21-41(35)43)39-29-25-33(26-30-39)34-27-31-40(32-28-34)46(38-19-5-2-6-20-38)44-24-12-16-36-14-8-10-22-42(36)44/h3-31H,1-2H3;1-32H. The van der Waals surface area contributed by atoms with Crippen LogP contribution in [0.15, 0.2) is 370 Å². The molecule has 5 nitrogen and oxygen atoms in total. The van der Waals surface area contributed by atoms with Gasteiger partial charge in [0.05, 0.1) is 22.4 Å². The van der Waals surface area contributed by atoms with Gasteiger partial charge in [-0.05, 0) is 179 Å². The van der Waals surface area contributed by atoms with Crippen molar-refractivity contribution in [2.75, 3.05) is 14.7 Å². The van der Waals surface area contributed by atoms with Crippen LogP contribution >= 0.6 is 0 Å². The normalized spacial score (nSPS) is 11.1. The highest BCUT2D eigenvalue weighted by atomic mass is 15.2. The Morgan fingerprint density at radius 2 is 0.532 bits per heavy atom. The molecule has 0 aliphatic carbocycles. The zero-order valence-corrected chi connectivity index (χ0v) is 52.5. The molecule has 0 N–H and O–H groups in total. The van der Waals surface area contributed by atoms with Gasteiger partial charge in [-0.15, -0.1) is 0 Å². The maximum atomic E-state index is 5.02. The summed E-state index contributed by atoms with van der Waals surface area (Å²) in [5.41, 5.74) is 24.1. The Bertz CT molecular complexity index is 4990. The maximum absolute atomic E-state index is 5.02. The quantitative estimate of drug-likeness (QED) is 0.108. The SMILES string of the molecule is Cc1ccc(N(c2ccc(C)cc2)c2ccc(-c3ccc(-c4ccc(-c5nc6ccccc6n5-c5ccccc5)cc4)cc3)cc2)cc1.c1ccc(N(c2ccc(-c3ccc(N(c4ccccc4)c4cccc5ccccc45)cc3)cc2)c2cccc3ccccc23)cc1. The monoisotopic (exact) mass is 1210 g/mol. The van der Waals surface area contributed by atoms with Gasteiger partial charge in [0.1, 0.15) is 5.82 Å². The molecule has 0 bridgehead atoms. The highest BCUT2D eigenvalue weighted by molar-refractivity contribution is 6.00. The molecular formula is C89H67N5. The Morgan fingerprint density at radius 3 is 0.947 bits per heavy atom. The topological polar surface area (TPSA) is 27.5 Å². The van der Waals surface area contributed by atoms with Crippen LogP contribution in [0.5, 0.6) is 0 Å². The summed E-state index contributed by atoms with van der Waals surface area (Å²) < 4.78 is 2.24. The van der Waals surface area contributed by atoms with E-state index in [1.807, 2.05) is 12.1 Å². The second-order valence-electron chi connectivity index (χ2n) is 23.7. The van der Waals surface area contributed by atoms with Crippen molar-refractivity contribution in [3.05, 3.63) is 381 Å². The van der Waals surface area contributed by atoms with Crippen molar-refractivity contribution in [1.29, 1.82) is 0 Å². The van der Waals surface area contributed by atoms with Gasteiger partial charge in [-0.2, -0.15) is 0 Å².